The topological polar surface area (TPSA) is 55.1 Å². The van der Waals surface area contributed by atoms with Crippen molar-refractivity contribution in [3.05, 3.63) is 35.4 Å². The van der Waals surface area contributed by atoms with E-state index >= 15 is 0 Å². The van der Waals surface area contributed by atoms with Crippen LogP contribution in [0, 0.1) is 5.92 Å². The molecule has 1 aliphatic rings. The summed E-state index contributed by atoms with van der Waals surface area (Å²) in [5.74, 6) is 0.662. The van der Waals surface area contributed by atoms with Crippen LogP contribution in [-0.2, 0) is 17.6 Å². The summed E-state index contributed by atoms with van der Waals surface area (Å²) in [5, 5.41) is 3.15. The van der Waals surface area contributed by atoms with Crippen molar-refractivity contribution >= 4 is 5.91 Å². The van der Waals surface area contributed by atoms with Crippen LogP contribution in [-0.4, -0.2) is 18.5 Å². The maximum Gasteiger partial charge on any atom is 0.224 e. The fourth-order valence-corrected chi connectivity index (χ4v) is 3.24. The van der Waals surface area contributed by atoms with E-state index in [0.717, 1.165) is 12.0 Å². The van der Waals surface area contributed by atoms with Gasteiger partial charge < -0.3 is 11.1 Å². The van der Waals surface area contributed by atoms with Crippen LogP contribution in [0.4, 0.5) is 0 Å². The van der Waals surface area contributed by atoms with E-state index in [1.54, 1.807) is 0 Å². The minimum Gasteiger partial charge on any atom is -0.352 e. The molecule has 3 heteroatoms. The SMILES string of the molecule is CCc1ccc(CC(=O)NC(CN)C2CCCCC2)cc1. The Kier molecular flexibility index (Phi) is 6.24. The van der Waals surface area contributed by atoms with Gasteiger partial charge in [-0.05, 0) is 36.3 Å². The Morgan fingerprint density at radius 1 is 1.19 bits per heavy atom. The minimum absolute atomic E-state index is 0.0975. The monoisotopic (exact) mass is 288 g/mol. The lowest BCUT2D eigenvalue weighted by Gasteiger charge is -2.30. The predicted octanol–water partition coefficient (Wildman–Crippen LogP) is 2.82. The lowest BCUT2D eigenvalue weighted by Crippen LogP contribution is -2.46. The van der Waals surface area contributed by atoms with Gasteiger partial charge in [0.25, 0.3) is 0 Å². The molecule has 3 N–H and O–H groups in total. The highest BCUT2D eigenvalue weighted by Crippen LogP contribution is 2.26. The zero-order valence-electron chi connectivity index (χ0n) is 13.1. The van der Waals surface area contributed by atoms with E-state index in [2.05, 4.69) is 36.5 Å². The van der Waals surface area contributed by atoms with E-state index in [-0.39, 0.29) is 11.9 Å². The Hall–Kier alpha value is -1.35. The van der Waals surface area contributed by atoms with Crippen molar-refractivity contribution in [1.82, 2.24) is 5.32 Å². The number of amides is 1. The summed E-state index contributed by atoms with van der Waals surface area (Å²) in [5.41, 5.74) is 8.25. The lowest BCUT2D eigenvalue weighted by atomic mass is 9.84. The molecule has 0 heterocycles. The first kappa shape index (κ1) is 16.0. The molecular weight excluding hydrogens is 260 g/mol. The average Bonchev–Trinajstić information content (AvgIpc) is 2.54. The number of nitrogens with two attached hydrogens (primary N) is 1. The van der Waals surface area contributed by atoms with E-state index < -0.39 is 0 Å². The third kappa shape index (κ3) is 4.85. The number of hydrogen-bond donors (Lipinski definition) is 2. The fourth-order valence-electron chi connectivity index (χ4n) is 3.24. The van der Waals surface area contributed by atoms with Crippen molar-refractivity contribution in [3.63, 3.8) is 0 Å². The highest BCUT2D eigenvalue weighted by atomic mass is 16.1. The molecule has 1 aliphatic carbocycles. The summed E-state index contributed by atoms with van der Waals surface area (Å²) in [6.07, 6.45) is 7.76. The van der Waals surface area contributed by atoms with E-state index in [9.17, 15) is 4.79 Å². The maximum absolute atomic E-state index is 12.2. The largest absolute Gasteiger partial charge is 0.352 e. The summed E-state index contributed by atoms with van der Waals surface area (Å²) in [7, 11) is 0. The Balaban J connectivity index is 1.86. The van der Waals surface area contributed by atoms with Crippen LogP contribution in [0.25, 0.3) is 0 Å². The molecule has 0 aromatic heterocycles. The summed E-state index contributed by atoms with van der Waals surface area (Å²) in [4.78, 5) is 12.2. The fraction of sp³-hybridized carbons (Fsp3) is 0.611. The van der Waals surface area contributed by atoms with Crippen LogP contribution >= 0.6 is 0 Å². The Labute approximate surface area is 128 Å². The quantitative estimate of drug-likeness (QED) is 0.845. The second-order valence-electron chi connectivity index (χ2n) is 6.15. The van der Waals surface area contributed by atoms with Crippen LogP contribution in [0.5, 0.6) is 0 Å². The first-order chi connectivity index (χ1) is 10.2. The molecule has 1 aromatic rings. The van der Waals surface area contributed by atoms with Gasteiger partial charge in [-0.3, -0.25) is 4.79 Å². The third-order valence-corrected chi connectivity index (χ3v) is 4.62. The van der Waals surface area contributed by atoms with E-state index in [4.69, 9.17) is 5.73 Å². The minimum atomic E-state index is 0.0975. The van der Waals surface area contributed by atoms with E-state index in [1.807, 2.05) is 0 Å². The van der Waals surface area contributed by atoms with Crippen molar-refractivity contribution in [2.75, 3.05) is 6.54 Å². The Morgan fingerprint density at radius 3 is 2.38 bits per heavy atom. The van der Waals surface area contributed by atoms with Crippen molar-refractivity contribution in [1.29, 1.82) is 0 Å². The lowest BCUT2D eigenvalue weighted by molar-refractivity contribution is -0.121. The van der Waals surface area contributed by atoms with Crippen molar-refractivity contribution in [2.45, 2.75) is 57.9 Å². The molecule has 1 atom stereocenters. The van der Waals surface area contributed by atoms with Crippen molar-refractivity contribution in [2.24, 2.45) is 11.7 Å². The summed E-state index contributed by atoms with van der Waals surface area (Å²) in [6.45, 7) is 2.68. The van der Waals surface area contributed by atoms with Gasteiger partial charge in [0.05, 0.1) is 6.42 Å². The van der Waals surface area contributed by atoms with Gasteiger partial charge in [0.15, 0.2) is 0 Å². The molecular formula is C18H28N2O. The van der Waals surface area contributed by atoms with Gasteiger partial charge in [-0.25, -0.2) is 0 Å². The molecule has 0 aliphatic heterocycles. The molecule has 3 nitrogen and oxygen atoms in total. The molecule has 1 saturated carbocycles. The van der Waals surface area contributed by atoms with Crippen LogP contribution in [0.15, 0.2) is 24.3 Å². The molecule has 116 valence electrons. The smallest absolute Gasteiger partial charge is 0.224 e. The van der Waals surface area contributed by atoms with Gasteiger partial charge in [-0.1, -0.05) is 50.5 Å². The Morgan fingerprint density at radius 2 is 1.81 bits per heavy atom. The van der Waals surface area contributed by atoms with Gasteiger partial charge in [0, 0.05) is 12.6 Å². The second kappa shape index (κ2) is 8.18. The predicted molar refractivity (Wildman–Crippen MR) is 87.1 cm³/mol. The normalized spacial score (nSPS) is 17.4. The zero-order valence-corrected chi connectivity index (χ0v) is 13.1. The van der Waals surface area contributed by atoms with E-state index in [0.29, 0.717) is 18.9 Å². The number of benzene rings is 1. The van der Waals surface area contributed by atoms with Gasteiger partial charge in [0.1, 0.15) is 0 Å². The van der Waals surface area contributed by atoms with Gasteiger partial charge >= 0.3 is 0 Å². The molecule has 0 radical (unpaired) electrons. The molecule has 1 amide bonds. The number of hydrogen-bond acceptors (Lipinski definition) is 2. The third-order valence-electron chi connectivity index (χ3n) is 4.62. The Bertz CT molecular complexity index is 435. The van der Waals surface area contributed by atoms with Gasteiger partial charge in [0.2, 0.25) is 5.91 Å². The molecule has 1 fully saturated rings. The van der Waals surface area contributed by atoms with Crippen LogP contribution in [0.3, 0.4) is 0 Å². The highest BCUT2D eigenvalue weighted by molar-refractivity contribution is 5.78. The van der Waals surface area contributed by atoms with Crippen LogP contribution < -0.4 is 11.1 Å². The molecule has 1 aromatic carbocycles. The second-order valence-corrected chi connectivity index (χ2v) is 6.15. The number of carbonyl (C=O) groups excluding carboxylic acids is 1. The summed E-state index contributed by atoms with van der Waals surface area (Å²) in [6, 6.07) is 8.45. The number of aryl methyl sites for hydroxylation is 1. The molecule has 0 bridgehead atoms. The average molecular weight is 288 g/mol. The van der Waals surface area contributed by atoms with Crippen LogP contribution in [0.1, 0.15) is 50.2 Å². The number of rotatable bonds is 6. The molecule has 2 rings (SSSR count). The number of carbonyl (C=O) groups is 1. The van der Waals surface area contributed by atoms with Crippen molar-refractivity contribution < 1.29 is 4.79 Å². The van der Waals surface area contributed by atoms with Gasteiger partial charge in [-0.2, -0.15) is 0 Å². The van der Waals surface area contributed by atoms with E-state index in [1.165, 1.54) is 37.7 Å². The molecule has 21 heavy (non-hydrogen) atoms. The summed E-state index contributed by atoms with van der Waals surface area (Å²) >= 11 is 0. The zero-order chi connectivity index (χ0) is 15.1. The van der Waals surface area contributed by atoms with Crippen molar-refractivity contribution in [3.8, 4) is 0 Å². The first-order valence-electron chi connectivity index (χ1n) is 8.30. The molecule has 0 spiro atoms. The molecule has 0 saturated heterocycles. The first-order valence-corrected chi connectivity index (χ1v) is 8.30. The highest BCUT2D eigenvalue weighted by Gasteiger charge is 2.23. The van der Waals surface area contributed by atoms with Crippen LogP contribution in [0.2, 0.25) is 0 Å². The summed E-state index contributed by atoms with van der Waals surface area (Å²) < 4.78 is 0. The standard InChI is InChI=1S/C18H28N2O/c1-2-14-8-10-15(11-9-14)12-18(21)20-17(13-19)16-6-4-3-5-7-16/h8-11,16-17H,2-7,12-13,19H2,1H3,(H,20,21). The van der Waals surface area contributed by atoms with Gasteiger partial charge in [-0.15, -0.1) is 0 Å². The maximum atomic E-state index is 12.2. The molecule has 1 unspecified atom stereocenters. The number of nitrogens with one attached hydrogen (secondary N) is 1.